The molecule has 4 N–H and O–H groups in total. The monoisotopic (exact) mass is 578 g/mol. The van der Waals surface area contributed by atoms with Crippen LogP contribution in [0.4, 0.5) is 10.5 Å². The highest BCUT2D eigenvalue weighted by atomic mass is 35.5. The lowest BCUT2D eigenvalue weighted by molar-refractivity contribution is -0.659. The first-order valence-electron chi connectivity index (χ1n) is 12.2. The SMILES string of the molecule is COC(=O)Nc1ccc(-c2cnc([C@]3(O)CCc4cc(-c5cc(Cl)ccc5-[n+]5cc(Cl)n[nH]5)c[n+]([O-])c43)[nH]2)cc1. The Morgan fingerprint density at radius 1 is 1.15 bits per heavy atom. The first-order valence-corrected chi connectivity index (χ1v) is 12.9. The van der Waals surface area contributed by atoms with Crippen molar-refractivity contribution >= 4 is 35.0 Å². The highest BCUT2D eigenvalue weighted by Crippen LogP contribution is 2.41. The molecule has 0 aliphatic heterocycles. The van der Waals surface area contributed by atoms with Crippen LogP contribution >= 0.6 is 23.2 Å². The number of rotatable bonds is 5. The Kier molecular flexibility index (Phi) is 6.41. The molecule has 1 atom stereocenters. The Hall–Kier alpha value is -4.45. The summed E-state index contributed by atoms with van der Waals surface area (Å²) in [6.07, 6.45) is 4.80. The van der Waals surface area contributed by atoms with Crippen LogP contribution in [0.1, 0.15) is 23.5 Å². The quantitative estimate of drug-likeness (QED) is 0.183. The number of anilines is 1. The van der Waals surface area contributed by atoms with E-state index in [2.05, 4.69) is 30.3 Å². The van der Waals surface area contributed by atoms with Gasteiger partial charge in [-0.1, -0.05) is 28.9 Å². The van der Waals surface area contributed by atoms with E-state index in [1.807, 2.05) is 6.07 Å². The summed E-state index contributed by atoms with van der Waals surface area (Å²) in [5.74, 6) is 0.265. The van der Waals surface area contributed by atoms with Crippen molar-refractivity contribution in [3.8, 4) is 28.1 Å². The van der Waals surface area contributed by atoms with Crippen molar-refractivity contribution < 1.29 is 24.1 Å². The predicted molar refractivity (Wildman–Crippen MR) is 146 cm³/mol. The third-order valence-corrected chi connectivity index (χ3v) is 7.30. The van der Waals surface area contributed by atoms with Crippen LogP contribution in [0.5, 0.6) is 0 Å². The Labute approximate surface area is 237 Å². The lowest BCUT2D eigenvalue weighted by atomic mass is 9.98. The molecule has 6 rings (SSSR count). The number of carbonyl (C=O) groups excluding carboxylic acids is 1. The van der Waals surface area contributed by atoms with Gasteiger partial charge in [0.05, 0.1) is 29.7 Å². The third-order valence-electron chi connectivity index (χ3n) is 6.88. The number of pyridine rings is 1. The number of amides is 1. The first kappa shape index (κ1) is 25.8. The van der Waals surface area contributed by atoms with Crippen LogP contribution in [0.2, 0.25) is 10.2 Å². The molecule has 5 aromatic rings. The van der Waals surface area contributed by atoms with Gasteiger partial charge in [-0.05, 0) is 66.4 Å². The lowest BCUT2D eigenvalue weighted by Crippen LogP contribution is -2.42. The Bertz CT molecular complexity index is 1750. The molecule has 0 bridgehead atoms. The number of aliphatic hydroxyl groups is 1. The van der Waals surface area contributed by atoms with Gasteiger partial charge in [-0.2, -0.15) is 4.73 Å². The second-order valence-electron chi connectivity index (χ2n) is 9.32. The molecule has 1 amide bonds. The number of imidazole rings is 1. The normalized spacial score (nSPS) is 16.1. The molecule has 1 aliphatic carbocycles. The maximum Gasteiger partial charge on any atom is 0.411 e. The molecule has 13 heteroatoms. The van der Waals surface area contributed by atoms with Crippen molar-refractivity contribution in [3.63, 3.8) is 0 Å². The summed E-state index contributed by atoms with van der Waals surface area (Å²) in [4.78, 5) is 19.0. The molecule has 0 saturated carbocycles. The Morgan fingerprint density at radius 2 is 1.95 bits per heavy atom. The van der Waals surface area contributed by atoms with Gasteiger partial charge in [0.1, 0.15) is 5.82 Å². The zero-order valence-electron chi connectivity index (χ0n) is 21.0. The van der Waals surface area contributed by atoms with Gasteiger partial charge in [-0.3, -0.25) is 5.32 Å². The second-order valence-corrected chi connectivity index (χ2v) is 10.1. The summed E-state index contributed by atoms with van der Waals surface area (Å²) in [6.45, 7) is 0. The number of benzene rings is 2. The van der Waals surface area contributed by atoms with E-state index in [1.54, 1.807) is 59.5 Å². The maximum atomic E-state index is 13.4. The van der Waals surface area contributed by atoms with Gasteiger partial charge in [0.2, 0.25) is 11.3 Å². The molecule has 3 heterocycles. The third kappa shape index (κ3) is 4.53. The van der Waals surface area contributed by atoms with Gasteiger partial charge in [-0.15, -0.1) is 4.68 Å². The number of halogens is 2. The van der Waals surface area contributed by atoms with Gasteiger partial charge in [0.25, 0.3) is 0 Å². The van der Waals surface area contributed by atoms with E-state index in [9.17, 15) is 15.1 Å². The molecule has 0 fully saturated rings. The summed E-state index contributed by atoms with van der Waals surface area (Å²) >= 11 is 12.3. The van der Waals surface area contributed by atoms with Crippen LogP contribution in [-0.4, -0.2) is 38.6 Å². The van der Waals surface area contributed by atoms with Crippen LogP contribution in [0.25, 0.3) is 28.1 Å². The summed E-state index contributed by atoms with van der Waals surface area (Å²) in [6, 6.07) is 14.2. The number of H-pyrrole nitrogens is 2. The Morgan fingerprint density at radius 3 is 2.67 bits per heavy atom. The van der Waals surface area contributed by atoms with Gasteiger partial charge in [0, 0.05) is 21.8 Å². The molecule has 3 aromatic heterocycles. The minimum Gasteiger partial charge on any atom is -0.618 e. The number of methoxy groups -OCH3 is 1. The zero-order valence-corrected chi connectivity index (χ0v) is 22.5. The molecule has 202 valence electrons. The van der Waals surface area contributed by atoms with Crippen molar-refractivity contribution in [1.29, 1.82) is 0 Å². The molecule has 0 radical (unpaired) electrons. The number of ether oxygens (including phenoxy) is 1. The van der Waals surface area contributed by atoms with E-state index in [0.29, 0.717) is 49.9 Å². The highest BCUT2D eigenvalue weighted by Gasteiger charge is 2.48. The van der Waals surface area contributed by atoms with Crippen molar-refractivity contribution in [2.75, 3.05) is 12.4 Å². The van der Waals surface area contributed by atoms with Gasteiger partial charge in [0.15, 0.2) is 18.1 Å². The number of aromatic amines is 2. The Balaban J connectivity index is 1.34. The van der Waals surface area contributed by atoms with Gasteiger partial charge in [-0.25, -0.2) is 9.78 Å². The number of nitrogens with zero attached hydrogens (tertiary/aromatic N) is 4. The highest BCUT2D eigenvalue weighted by molar-refractivity contribution is 6.31. The number of carbonyl (C=O) groups is 1. The van der Waals surface area contributed by atoms with Crippen molar-refractivity contribution in [2.24, 2.45) is 0 Å². The lowest BCUT2D eigenvalue weighted by Gasteiger charge is -2.20. The largest absolute Gasteiger partial charge is 0.618 e. The fourth-order valence-electron chi connectivity index (χ4n) is 5.00. The standard InChI is InChI=1S/C27H21Cl2N7O4/c1-40-26(37)31-19-5-2-15(3-6-19)21-12-30-25(32-21)27(38)9-8-16-10-17(13-36(39)24(16)27)20-11-18(28)4-7-22(20)35-14-23(29)33-34-35/h2-7,10-14,38H,8-9H2,1H3,(H2,30,31,32,33,34,37)/p+1/t27-/m0/s1. The summed E-state index contributed by atoms with van der Waals surface area (Å²) in [7, 11) is 1.29. The number of hydrogen-bond acceptors (Lipinski definition) is 6. The van der Waals surface area contributed by atoms with Crippen LogP contribution in [-0.2, 0) is 16.8 Å². The van der Waals surface area contributed by atoms with E-state index < -0.39 is 11.7 Å². The van der Waals surface area contributed by atoms with Crippen LogP contribution in [0.3, 0.4) is 0 Å². The topological polar surface area (TPSA) is 147 Å². The molecular formula is C27H22Cl2N7O4+. The molecule has 2 aromatic carbocycles. The molecule has 40 heavy (non-hydrogen) atoms. The van der Waals surface area contributed by atoms with E-state index >= 15 is 0 Å². The average Bonchev–Trinajstić information content (AvgIpc) is 3.69. The van der Waals surface area contributed by atoms with E-state index in [1.165, 1.54) is 13.3 Å². The molecule has 11 nitrogen and oxygen atoms in total. The summed E-state index contributed by atoms with van der Waals surface area (Å²) < 4.78 is 6.94. The molecule has 0 saturated heterocycles. The van der Waals surface area contributed by atoms with Crippen LogP contribution in [0, 0.1) is 5.21 Å². The average molecular weight is 579 g/mol. The van der Waals surface area contributed by atoms with Crippen molar-refractivity contribution in [1.82, 2.24) is 20.3 Å². The van der Waals surface area contributed by atoms with Crippen molar-refractivity contribution in [2.45, 2.75) is 18.4 Å². The van der Waals surface area contributed by atoms with E-state index in [4.69, 9.17) is 23.2 Å². The minimum atomic E-state index is -1.61. The number of nitrogens with one attached hydrogen (secondary N) is 3. The number of hydrogen-bond donors (Lipinski definition) is 4. The smallest absolute Gasteiger partial charge is 0.411 e. The van der Waals surface area contributed by atoms with Gasteiger partial charge < -0.3 is 20.0 Å². The first-order chi connectivity index (χ1) is 19.2. The fraction of sp³-hybridized carbons (Fsp3) is 0.148. The van der Waals surface area contributed by atoms with E-state index in [-0.39, 0.29) is 23.1 Å². The molecule has 0 spiro atoms. The van der Waals surface area contributed by atoms with E-state index in [0.717, 1.165) is 5.56 Å². The van der Waals surface area contributed by atoms with Gasteiger partial charge >= 0.3 is 11.2 Å². The number of fused-ring (bicyclic) bond motifs is 1. The number of aromatic nitrogens is 6. The maximum absolute atomic E-state index is 13.4. The second kappa shape index (κ2) is 9.94. The summed E-state index contributed by atoms with van der Waals surface area (Å²) in [5.41, 5.74) is 3.31. The fourth-order valence-corrected chi connectivity index (χ4v) is 5.30. The minimum absolute atomic E-state index is 0.218. The molecule has 0 unspecified atom stereocenters. The molecule has 1 aliphatic rings. The van der Waals surface area contributed by atoms with Crippen LogP contribution in [0.15, 0.2) is 67.1 Å². The number of aryl methyl sites for hydroxylation is 1. The van der Waals surface area contributed by atoms with Crippen LogP contribution < -0.4 is 14.7 Å². The predicted octanol–water partition coefficient (Wildman–Crippen LogP) is 4.04. The summed E-state index contributed by atoms with van der Waals surface area (Å²) in [5, 5.41) is 35.3. The zero-order chi connectivity index (χ0) is 28.0. The van der Waals surface area contributed by atoms with Crippen molar-refractivity contribution in [3.05, 3.63) is 99.6 Å². The molecular weight excluding hydrogens is 557 g/mol.